The lowest BCUT2D eigenvalue weighted by molar-refractivity contribution is 0.0600. The van der Waals surface area contributed by atoms with Crippen LogP contribution in [-0.4, -0.2) is 45.2 Å². The van der Waals surface area contributed by atoms with Gasteiger partial charge in [-0.15, -0.1) is 0 Å². The van der Waals surface area contributed by atoms with E-state index in [-0.39, 0.29) is 5.97 Å². The minimum Gasteiger partial charge on any atom is -0.477 e. The van der Waals surface area contributed by atoms with Crippen molar-refractivity contribution in [3.63, 3.8) is 0 Å². The van der Waals surface area contributed by atoms with Crippen molar-refractivity contribution in [3.05, 3.63) is 70.8 Å². The molecule has 0 saturated heterocycles. The Bertz CT molecular complexity index is 920. The van der Waals surface area contributed by atoms with E-state index in [1.165, 1.54) is 7.11 Å². The van der Waals surface area contributed by atoms with Crippen LogP contribution >= 0.6 is 0 Å². The first kappa shape index (κ1) is 18.5. The normalized spacial score (nSPS) is 19.6. The summed E-state index contributed by atoms with van der Waals surface area (Å²) < 4.78 is 11.2. The Labute approximate surface area is 164 Å². The predicted molar refractivity (Wildman–Crippen MR) is 106 cm³/mol. The van der Waals surface area contributed by atoms with Gasteiger partial charge in [0.25, 0.3) is 0 Å². The second-order valence-electron chi connectivity index (χ2n) is 7.28. The molecule has 0 aromatic heterocycles. The SMILES string of the molecule is COC(=O)c1ccc(C23CC2=C(NOCCN(C)C)c2ccccc2O3)cc1. The van der Waals surface area contributed by atoms with E-state index in [1.54, 1.807) is 12.1 Å². The molecule has 2 aromatic carbocycles. The maximum atomic E-state index is 11.7. The Morgan fingerprint density at radius 2 is 1.93 bits per heavy atom. The molecule has 6 heteroatoms. The highest BCUT2D eigenvalue weighted by molar-refractivity contribution is 5.89. The van der Waals surface area contributed by atoms with Crippen molar-refractivity contribution in [1.82, 2.24) is 10.4 Å². The van der Waals surface area contributed by atoms with Crippen LogP contribution in [0, 0.1) is 0 Å². The zero-order valence-corrected chi connectivity index (χ0v) is 16.3. The number of benzene rings is 2. The van der Waals surface area contributed by atoms with E-state index in [9.17, 15) is 4.79 Å². The van der Waals surface area contributed by atoms with Gasteiger partial charge in [-0.3, -0.25) is 10.3 Å². The van der Waals surface area contributed by atoms with E-state index in [2.05, 4.69) is 10.4 Å². The maximum Gasteiger partial charge on any atom is 0.337 e. The van der Waals surface area contributed by atoms with Crippen molar-refractivity contribution in [3.8, 4) is 5.75 Å². The molecule has 0 amide bonds. The van der Waals surface area contributed by atoms with Gasteiger partial charge in [-0.05, 0) is 38.4 Å². The number of carbonyl (C=O) groups is 1. The zero-order valence-electron chi connectivity index (χ0n) is 16.3. The van der Waals surface area contributed by atoms with Crippen molar-refractivity contribution < 1.29 is 19.1 Å². The standard InChI is InChI=1S/C22H24N2O4/c1-24(2)12-13-27-23-20-17-6-4-5-7-19(17)28-22(14-18(20)22)16-10-8-15(9-11-16)21(25)26-3/h4-11,23H,12-14H2,1-3H3. The summed E-state index contributed by atoms with van der Waals surface area (Å²) in [4.78, 5) is 19.5. The average Bonchev–Trinajstić information content (AvgIpc) is 3.45. The molecule has 1 atom stereocenters. The molecule has 6 nitrogen and oxygen atoms in total. The van der Waals surface area contributed by atoms with E-state index in [1.807, 2.05) is 50.5 Å². The van der Waals surface area contributed by atoms with Gasteiger partial charge in [0, 0.05) is 29.7 Å². The highest BCUT2D eigenvalue weighted by Gasteiger charge is 2.58. The van der Waals surface area contributed by atoms with E-state index >= 15 is 0 Å². The van der Waals surface area contributed by atoms with Gasteiger partial charge in [0.2, 0.25) is 0 Å². The van der Waals surface area contributed by atoms with Gasteiger partial charge >= 0.3 is 5.97 Å². The van der Waals surface area contributed by atoms with Gasteiger partial charge in [-0.2, -0.15) is 0 Å². The van der Waals surface area contributed by atoms with Gasteiger partial charge in [-0.1, -0.05) is 24.3 Å². The van der Waals surface area contributed by atoms with Crippen molar-refractivity contribution in [1.29, 1.82) is 0 Å². The quantitative estimate of drug-likeness (QED) is 0.453. The fourth-order valence-corrected chi connectivity index (χ4v) is 3.50. The average molecular weight is 380 g/mol. The lowest BCUT2D eigenvalue weighted by atomic mass is 10.00. The molecule has 28 heavy (non-hydrogen) atoms. The molecular formula is C22H24N2O4. The fraction of sp³-hybridized carbons (Fsp3) is 0.318. The van der Waals surface area contributed by atoms with Gasteiger partial charge in [0.15, 0.2) is 5.60 Å². The third-order valence-electron chi connectivity index (χ3n) is 5.12. The first-order valence-electron chi connectivity index (χ1n) is 9.28. The smallest absolute Gasteiger partial charge is 0.337 e. The van der Waals surface area contributed by atoms with Crippen LogP contribution < -0.4 is 10.2 Å². The van der Waals surface area contributed by atoms with Crippen LogP contribution in [0.3, 0.4) is 0 Å². The summed E-state index contributed by atoms with van der Waals surface area (Å²) in [6.07, 6.45) is 0.776. The topological polar surface area (TPSA) is 60.0 Å². The molecule has 2 aliphatic rings. The lowest BCUT2D eigenvalue weighted by Crippen LogP contribution is -2.26. The lowest BCUT2D eigenvalue weighted by Gasteiger charge is -2.26. The second kappa shape index (κ2) is 7.30. The molecule has 0 spiro atoms. The first-order valence-corrected chi connectivity index (χ1v) is 9.28. The molecule has 1 saturated carbocycles. The summed E-state index contributed by atoms with van der Waals surface area (Å²) >= 11 is 0. The molecule has 2 aromatic rings. The number of hydrogen-bond donors (Lipinski definition) is 1. The Morgan fingerprint density at radius 1 is 1.18 bits per heavy atom. The fourth-order valence-electron chi connectivity index (χ4n) is 3.50. The highest BCUT2D eigenvalue weighted by atomic mass is 16.6. The molecule has 1 heterocycles. The Hall–Kier alpha value is -2.83. The van der Waals surface area contributed by atoms with Gasteiger partial charge in [0.1, 0.15) is 5.75 Å². The van der Waals surface area contributed by atoms with Gasteiger partial charge in [-0.25, -0.2) is 4.79 Å². The van der Waals surface area contributed by atoms with Crippen LogP contribution in [0.5, 0.6) is 5.75 Å². The highest BCUT2D eigenvalue weighted by Crippen LogP contribution is 2.60. The van der Waals surface area contributed by atoms with Gasteiger partial charge in [0.05, 0.1) is 25.0 Å². The minimum atomic E-state index is -0.504. The van der Waals surface area contributed by atoms with Crippen LogP contribution in [0.15, 0.2) is 54.1 Å². The monoisotopic (exact) mass is 380 g/mol. The number of fused-ring (bicyclic) bond motifs is 2. The summed E-state index contributed by atoms with van der Waals surface area (Å²) in [5, 5.41) is 0. The summed E-state index contributed by atoms with van der Waals surface area (Å²) in [6.45, 7) is 1.40. The number of nitrogens with zero attached hydrogens (tertiary/aromatic N) is 1. The predicted octanol–water partition coefficient (Wildman–Crippen LogP) is 2.96. The number of hydrogen-bond acceptors (Lipinski definition) is 6. The number of nitrogens with one attached hydrogen (secondary N) is 1. The zero-order chi connectivity index (χ0) is 19.7. The molecule has 0 bridgehead atoms. The number of carbonyl (C=O) groups excluding carboxylic acids is 1. The largest absolute Gasteiger partial charge is 0.477 e. The number of para-hydroxylation sites is 1. The third kappa shape index (κ3) is 3.25. The number of ether oxygens (including phenoxy) is 2. The van der Waals surface area contributed by atoms with E-state index in [0.717, 1.165) is 41.1 Å². The van der Waals surface area contributed by atoms with Crippen molar-refractivity contribution in [2.75, 3.05) is 34.4 Å². The van der Waals surface area contributed by atoms with Crippen LogP contribution in [-0.2, 0) is 15.2 Å². The number of esters is 1. The Morgan fingerprint density at radius 3 is 2.64 bits per heavy atom. The number of methoxy groups -OCH3 is 1. The maximum absolute atomic E-state index is 11.7. The molecule has 4 rings (SSSR count). The van der Waals surface area contributed by atoms with E-state index < -0.39 is 5.60 Å². The van der Waals surface area contributed by atoms with Crippen LogP contribution in [0.25, 0.3) is 5.70 Å². The third-order valence-corrected chi connectivity index (χ3v) is 5.12. The number of hydroxylamine groups is 1. The van der Waals surface area contributed by atoms with Crippen molar-refractivity contribution in [2.24, 2.45) is 0 Å². The number of likely N-dealkylation sites (N-methyl/N-ethyl adjacent to an activating group) is 1. The Kier molecular flexibility index (Phi) is 4.83. The summed E-state index contributed by atoms with van der Waals surface area (Å²) in [7, 11) is 5.41. The molecule has 1 aliphatic heterocycles. The molecule has 1 unspecified atom stereocenters. The van der Waals surface area contributed by atoms with Crippen LogP contribution in [0.4, 0.5) is 0 Å². The first-order chi connectivity index (χ1) is 13.5. The molecule has 1 aliphatic carbocycles. The summed E-state index contributed by atoms with van der Waals surface area (Å²) in [5.41, 5.74) is 7.31. The minimum absolute atomic E-state index is 0.345. The Balaban J connectivity index is 1.62. The number of rotatable bonds is 7. The second-order valence-corrected chi connectivity index (χ2v) is 7.28. The van der Waals surface area contributed by atoms with E-state index in [0.29, 0.717) is 12.2 Å². The molecule has 1 N–H and O–H groups in total. The van der Waals surface area contributed by atoms with Gasteiger partial charge < -0.3 is 14.4 Å². The van der Waals surface area contributed by atoms with Crippen LogP contribution in [0.1, 0.15) is 27.9 Å². The van der Waals surface area contributed by atoms with E-state index in [4.69, 9.17) is 14.3 Å². The molecular weight excluding hydrogens is 356 g/mol. The van der Waals surface area contributed by atoms with Crippen molar-refractivity contribution >= 4 is 11.7 Å². The van der Waals surface area contributed by atoms with Crippen LogP contribution in [0.2, 0.25) is 0 Å². The molecule has 0 radical (unpaired) electrons. The summed E-state index contributed by atoms with van der Waals surface area (Å²) in [6, 6.07) is 15.4. The molecule has 146 valence electrons. The summed E-state index contributed by atoms with van der Waals surface area (Å²) in [5.74, 6) is 0.474. The molecule has 1 fully saturated rings. The van der Waals surface area contributed by atoms with Crippen molar-refractivity contribution in [2.45, 2.75) is 12.0 Å².